The van der Waals surface area contributed by atoms with Crippen LogP contribution in [0.4, 0.5) is 5.69 Å². The monoisotopic (exact) mass is 498 g/mol. The molecule has 1 aliphatic rings. The Morgan fingerprint density at radius 3 is 2.68 bits per heavy atom. The molecule has 0 fully saturated rings. The van der Waals surface area contributed by atoms with E-state index in [1.807, 2.05) is 43.5 Å². The number of hydrogen-bond acceptors (Lipinski definition) is 6. The van der Waals surface area contributed by atoms with E-state index in [-0.39, 0.29) is 17.0 Å². The van der Waals surface area contributed by atoms with Crippen LogP contribution in [0.2, 0.25) is 0 Å². The van der Waals surface area contributed by atoms with Crippen LogP contribution in [0.25, 0.3) is 0 Å². The number of nitrogens with zero attached hydrogens (tertiary/aromatic N) is 1. The second-order valence-electron chi connectivity index (χ2n) is 8.16. The summed E-state index contributed by atoms with van der Waals surface area (Å²) in [6.07, 6.45) is 0.675. The quantitative estimate of drug-likeness (QED) is 0.453. The predicted molar refractivity (Wildman–Crippen MR) is 132 cm³/mol. The fraction of sp³-hybridized carbons (Fsp3) is 0.250. The third kappa shape index (κ3) is 5.30. The highest BCUT2D eigenvalue weighted by Gasteiger charge is 2.29. The third-order valence-electron chi connectivity index (χ3n) is 5.64. The van der Waals surface area contributed by atoms with E-state index >= 15 is 0 Å². The van der Waals surface area contributed by atoms with Gasteiger partial charge in [0.05, 0.1) is 11.4 Å². The zero-order valence-electron chi connectivity index (χ0n) is 18.9. The van der Waals surface area contributed by atoms with E-state index in [0.29, 0.717) is 19.5 Å². The first-order valence-corrected chi connectivity index (χ1v) is 13.1. The first-order chi connectivity index (χ1) is 16.2. The van der Waals surface area contributed by atoms with E-state index in [9.17, 15) is 18.0 Å². The lowest BCUT2D eigenvalue weighted by Gasteiger charge is -2.26. The van der Waals surface area contributed by atoms with Gasteiger partial charge in [0.2, 0.25) is 10.0 Å². The number of hydrogen-bond donors (Lipinski definition) is 3. The number of carbonyl (C=O) groups is 2. The van der Waals surface area contributed by atoms with Gasteiger partial charge in [0.25, 0.3) is 11.8 Å². The number of nitrogens with one attached hydrogen (secondary N) is 3. The highest BCUT2D eigenvalue weighted by molar-refractivity contribution is 7.89. The van der Waals surface area contributed by atoms with Crippen LogP contribution in [0.1, 0.15) is 31.9 Å². The van der Waals surface area contributed by atoms with Gasteiger partial charge in [-0.15, -0.1) is 11.3 Å². The Morgan fingerprint density at radius 1 is 1.06 bits per heavy atom. The van der Waals surface area contributed by atoms with Crippen molar-refractivity contribution in [3.05, 3.63) is 81.0 Å². The molecule has 0 atom stereocenters. The number of thiophene rings is 1. The van der Waals surface area contributed by atoms with Crippen LogP contribution in [-0.4, -0.2) is 37.6 Å². The topological polar surface area (TPSA) is 108 Å². The molecule has 0 spiro atoms. The number of fused-ring (bicyclic) bond motifs is 1. The molecule has 1 aliphatic heterocycles. The smallest absolute Gasteiger partial charge is 0.269 e. The van der Waals surface area contributed by atoms with Crippen LogP contribution < -0.4 is 16.2 Å². The summed E-state index contributed by atoms with van der Waals surface area (Å²) in [5.41, 5.74) is 8.82. The number of aryl methyl sites for hydroxylation is 2. The number of amides is 2. The average molecular weight is 499 g/mol. The van der Waals surface area contributed by atoms with Gasteiger partial charge < -0.3 is 5.32 Å². The van der Waals surface area contributed by atoms with Gasteiger partial charge in [0.1, 0.15) is 0 Å². The Balaban J connectivity index is 1.35. The number of hydrazine groups is 1. The first-order valence-electron chi connectivity index (χ1n) is 10.8. The molecule has 0 bridgehead atoms. The lowest BCUT2D eigenvalue weighted by atomic mass is 10.1. The normalized spacial score (nSPS) is 13.7. The molecule has 3 N–H and O–H groups in total. The number of carbonyl (C=O) groups excluding carboxylic acids is 2. The van der Waals surface area contributed by atoms with Crippen LogP contribution in [0.3, 0.4) is 0 Å². The van der Waals surface area contributed by atoms with E-state index < -0.39 is 21.8 Å². The Bertz CT molecular complexity index is 1330. The average Bonchev–Trinajstić information content (AvgIpc) is 3.30. The van der Waals surface area contributed by atoms with E-state index in [2.05, 4.69) is 16.2 Å². The number of anilines is 1. The van der Waals surface area contributed by atoms with Crippen molar-refractivity contribution in [2.75, 3.05) is 18.4 Å². The summed E-state index contributed by atoms with van der Waals surface area (Å²) in [5, 5.41) is 5.00. The van der Waals surface area contributed by atoms with Gasteiger partial charge >= 0.3 is 0 Å². The van der Waals surface area contributed by atoms with Crippen LogP contribution in [-0.2, 0) is 27.8 Å². The molecule has 2 heterocycles. The largest absolute Gasteiger partial charge is 0.376 e. The third-order valence-corrected chi connectivity index (χ3v) is 8.51. The van der Waals surface area contributed by atoms with E-state index in [0.717, 1.165) is 22.4 Å². The second kappa shape index (κ2) is 9.96. The minimum Gasteiger partial charge on any atom is -0.376 e. The minimum absolute atomic E-state index is 0.0296. The van der Waals surface area contributed by atoms with Crippen molar-refractivity contribution in [1.82, 2.24) is 15.2 Å². The lowest BCUT2D eigenvalue weighted by molar-refractivity contribution is -0.120. The maximum absolute atomic E-state index is 13.1. The highest BCUT2D eigenvalue weighted by atomic mass is 32.2. The molecule has 4 rings (SSSR count). The molecule has 8 nitrogen and oxygen atoms in total. The summed E-state index contributed by atoms with van der Waals surface area (Å²) in [7, 11) is -3.76. The van der Waals surface area contributed by atoms with Crippen LogP contribution in [0, 0.1) is 13.8 Å². The molecule has 0 saturated carbocycles. The molecule has 2 amide bonds. The lowest BCUT2D eigenvalue weighted by Crippen LogP contribution is -2.44. The van der Waals surface area contributed by atoms with Crippen LogP contribution >= 0.6 is 11.3 Å². The molecule has 34 heavy (non-hydrogen) atoms. The van der Waals surface area contributed by atoms with Crippen molar-refractivity contribution in [2.45, 2.75) is 31.7 Å². The Morgan fingerprint density at radius 2 is 1.88 bits per heavy atom. The first kappa shape index (κ1) is 23.9. The molecule has 0 saturated heterocycles. The molecule has 3 aromatic rings. The molecule has 10 heteroatoms. The molecular formula is C24H26N4O4S2. The zero-order chi connectivity index (χ0) is 24.3. The maximum atomic E-state index is 13.1. The van der Waals surface area contributed by atoms with Gasteiger partial charge in [-0.25, -0.2) is 8.42 Å². The zero-order valence-corrected chi connectivity index (χ0v) is 20.6. The highest BCUT2D eigenvalue weighted by Crippen LogP contribution is 2.28. The van der Waals surface area contributed by atoms with Crippen molar-refractivity contribution in [3.63, 3.8) is 0 Å². The minimum atomic E-state index is -3.76. The van der Waals surface area contributed by atoms with Gasteiger partial charge in [-0.2, -0.15) is 4.31 Å². The maximum Gasteiger partial charge on any atom is 0.269 e. The Kier molecular flexibility index (Phi) is 7.01. The second-order valence-corrected chi connectivity index (χ2v) is 11.1. The summed E-state index contributed by atoms with van der Waals surface area (Å²) in [6.45, 7) is 4.62. The molecule has 0 radical (unpaired) electrons. The van der Waals surface area contributed by atoms with Gasteiger partial charge in [-0.1, -0.05) is 23.8 Å². The molecule has 178 valence electrons. The molecule has 1 aromatic heterocycles. The van der Waals surface area contributed by atoms with Crippen molar-refractivity contribution < 1.29 is 18.0 Å². The van der Waals surface area contributed by atoms with E-state index in [4.69, 9.17) is 0 Å². The Hall–Kier alpha value is -3.21. The van der Waals surface area contributed by atoms with Gasteiger partial charge in [0, 0.05) is 29.2 Å². The van der Waals surface area contributed by atoms with Gasteiger partial charge in [-0.3, -0.25) is 20.4 Å². The van der Waals surface area contributed by atoms with Gasteiger partial charge in [-0.05, 0) is 67.1 Å². The molecule has 0 aliphatic carbocycles. The summed E-state index contributed by atoms with van der Waals surface area (Å²) in [4.78, 5) is 26.0. The number of rotatable bonds is 6. The van der Waals surface area contributed by atoms with Crippen molar-refractivity contribution >= 4 is 38.9 Å². The van der Waals surface area contributed by atoms with Crippen molar-refractivity contribution in [3.8, 4) is 0 Å². The summed E-state index contributed by atoms with van der Waals surface area (Å²) in [6, 6.07) is 13.6. The summed E-state index contributed by atoms with van der Waals surface area (Å²) in [5.74, 6) is -1.03. The molecule has 0 unspecified atom stereocenters. The number of sulfonamides is 1. The standard InChI is InChI=1S/C24H26N4O4S2/c1-16-6-7-21(17(2)12-16)25-14-23(29)26-27-24(30)18-4-3-5-20(13-18)34(31,32)28-10-8-22-19(15-28)9-11-33-22/h3-7,9,11-13,25H,8,10,14-15H2,1-2H3,(H,26,29)(H,27,30). The van der Waals surface area contributed by atoms with Crippen LogP contribution in [0.15, 0.2) is 58.8 Å². The predicted octanol–water partition coefficient (Wildman–Crippen LogP) is 2.99. The molecule has 2 aromatic carbocycles. The Labute approximate surface area is 203 Å². The fourth-order valence-electron chi connectivity index (χ4n) is 3.80. The van der Waals surface area contributed by atoms with E-state index in [1.54, 1.807) is 11.3 Å². The fourth-order valence-corrected chi connectivity index (χ4v) is 6.16. The molecular weight excluding hydrogens is 472 g/mol. The SMILES string of the molecule is Cc1ccc(NCC(=O)NNC(=O)c2cccc(S(=O)(=O)N3CCc4sccc4C3)c2)c(C)c1. The summed E-state index contributed by atoms with van der Waals surface area (Å²) < 4.78 is 27.7. The summed E-state index contributed by atoms with van der Waals surface area (Å²) >= 11 is 1.64. The van der Waals surface area contributed by atoms with Crippen molar-refractivity contribution in [2.24, 2.45) is 0 Å². The van der Waals surface area contributed by atoms with Gasteiger partial charge in [0.15, 0.2) is 0 Å². The number of benzene rings is 2. The van der Waals surface area contributed by atoms with E-state index in [1.165, 1.54) is 33.4 Å². The van der Waals surface area contributed by atoms with Crippen LogP contribution in [0.5, 0.6) is 0 Å². The van der Waals surface area contributed by atoms with Crippen molar-refractivity contribution in [1.29, 1.82) is 0 Å².